The lowest BCUT2D eigenvalue weighted by atomic mass is 10.0. The zero-order chi connectivity index (χ0) is 14.9. The van der Waals surface area contributed by atoms with Crippen LogP contribution in [0.5, 0.6) is 0 Å². The molecule has 1 aliphatic heterocycles. The predicted molar refractivity (Wildman–Crippen MR) is 78.3 cm³/mol. The third-order valence-corrected chi connectivity index (χ3v) is 6.41. The molecule has 5 nitrogen and oxygen atoms in total. The molecule has 2 rings (SSSR count). The van der Waals surface area contributed by atoms with E-state index < -0.39 is 16.0 Å². The van der Waals surface area contributed by atoms with Gasteiger partial charge in [-0.2, -0.15) is 4.31 Å². The zero-order valence-corrected chi connectivity index (χ0v) is 13.4. The molecule has 0 unspecified atom stereocenters. The Balaban J connectivity index is 2.32. The zero-order valence-electron chi connectivity index (χ0n) is 11.0. The van der Waals surface area contributed by atoms with Crippen molar-refractivity contribution in [1.82, 2.24) is 4.31 Å². The highest BCUT2D eigenvalue weighted by atomic mass is 79.9. The van der Waals surface area contributed by atoms with Gasteiger partial charge in [0.1, 0.15) is 0 Å². The Kier molecular flexibility index (Phi) is 4.51. The Hall–Kier alpha value is -0.920. The number of aromatic carboxylic acids is 1. The van der Waals surface area contributed by atoms with Crippen molar-refractivity contribution in [2.45, 2.75) is 24.7 Å². The minimum atomic E-state index is -3.57. The minimum Gasteiger partial charge on any atom is -0.478 e. The van der Waals surface area contributed by atoms with Crippen molar-refractivity contribution in [2.24, 2.45) is 5.92 Å². The maximum absolute atomic E-state index is 12.5. The van der Waals surface area contributed by atoms with E-state index in [0.717, 1.165) is 12.8 Å². The van der Waals surface area contributed by atoms with E-state index >= 15 is 0 Å². The van der Waals surface area contributed by atoms with Crippen molar-refractivity contribution in [2.75, 3.05) is 13.1 Å². The van der Waals surface area contributed by atoms with Crippen LogP contribution in [-0.2, 0) is 10.0 Å². The maximum Gasteiger partial charge on any atom is 0.335 e. The first-order chi connectivity index (χ1) is 9.32. The van der Waals surface area contributed by atoms with Crippen molar-refractivity contribution < 1.29 is 18.3 Å². The third kappa shape index (κ3) is 3.05. The van der Waals surface area contributed by atoms with Gasteiger partial charge in [0.25, 0.3) is 0 Å². The van der Waals surface area contributed by atoms with Gasteiger partial charge in [-0.1, -0.05) is 6.92 Å². The molecule has 0 atom stereocenters. The number of piperidine rings is 1. The Morgan fingerprint density at radius 2 is 1.95 bits per heavy atom. The topological polar surface area (TPSA) is 74.7 Å². The number of hydrogen-bond acceptors (Lipinski definition) is 3. The molecular weight excluding hydrogens is 346 g/mol. The molecule has 1 aromatic rings. The first-order valence-corrected chi connectivity index (χ1v) is 8.58. The first kappa shape index (κ1) is 15.5. The van der Waals surface area contributed by atoms with Crippen molar-refractivity contribution in [3.63, 3.8) is 0 Å². The normalized spacial score (nSPS) is 18.1. The van der Waals surface area contributed by atoms with Gasteiger partial charge in [0.15, 0.2) is 0 Å². The molecular formula is C13H16BrNO4S. The monoisotopic (exact) mass is 361 g/mol. The van der Waals surface area contributed by atoms with Crippen molar-refractivity contribution in [1.29, 1.82) is 0 Å². The summed E-state index contributed by atoms with van der Waals surface area (Å²) in [6.07, 6.45) is 1.70. The van der Waals surface area contributed by atoms with Crippen LogP contribution >= 0.6 is 15.9 Å². The summed E-state index contributed by atoms with van der Waals surface area (Å²) < 4.78 is 26.8. The Bertz CT molecular complexity index is 621. The van der Waals surface area contributed by atoms with Crippen LogP contribution in [0.4, 0.5) is 0 Å². The SMILES string of the molecule is CC1CCN(S(=O)(=O)c2ccc(C(=O)O)cc2Br)CC1. The Morgan fingerprint density at radius 3 is 2.45 bits per heavy atom. The van der Waals surface area contributed by atoms with Gasteiger partial charge in [0, 0.05) is 17.6 Å². The van der Waals surface area contributed by atoms with Gasteiger partial charge < -0.3 is 5.11 Å². The highest BCUT2D eigenvalue weighted by Crippen LogP contribution is 2.29. The van der Waals surface area contributed by atoms with E-state index in [0.29, 0.717) is 19.0 Å². The van der Waals surface area contributed by atoms with Crippen molar-refractivity contribution >= 4 is 31.9 Å². The number of halogens is 1. The molecule has 0 radical (unpaired) electrons. The molecule has 1 aromatic carbocycles. The molecule has 7 heteroatoms. The second-order valence-corrected chi connectivity index (χ2v) is 7.80. The van der Waals surface area contributed by atoms with Gasteiger partial charge in [-0.25, -0.2) is 13.2 Å². The van der Waals surface area contributed by atoms with Crippen LogP contribution in [0.1, 0.15) is 30.1 Å². The largest absolute Gasteiger partial charge is 0.478 e. The molecule has 110 valence electrons. The summed E-state index contributed by atoms with van der Waals surface area (Å²) in [7, 11) is -3.57. The molecule has 1 fully saturated rings. The van der Waals surface area contributed by atoms with Crippen LogP contribution in [0.25, 0.3) is 0 Å². The average Bonchev–Trinajstić information content (AvgIpc) is 2.38. The summed E-state index contributed by atoms with van der Waals surface area (Å²) in [5.74, 6) is -0.541. The van der Waals surface area contributed by atoms with Gasteiger partial charge in [-0.3, -0.25) is 0 Å². The number of rotatable bonds is 3. The Morgan fingerprint density at radius 1 is 1.35 bits per heavy atom. The third-order valence-electron chi connectivity index (χ3n) is 3.54. The average molecular weight is 362 g/mol. The summed E-state index contributed by atoms with van der Waals surface area (Å²) in [4.78, 5) is 11.0. The smallest absolute Gasteiger partial charge is 0.335 e. The highest BCUT2D eigenvalue weighted by molar-refractivity contribution is 9.10. The van der Waals surface area contributed by atoms with Crippen molar-refractivity contribution in [3.05, 3.63) is 28.2 Å². The quantitative estimate of drug-likeness (QED) is 0.897. The molecule has 1 saturated heterocycles. The summed E-state index contributed by atoms with van der Waals surface area (Å²) in [6, 6.07) is 3.98. The molecule has 20 heavy (non-hydrogen) atoms. The predicted octanol–water partition coefficient (Wildman–Crippen LogP) is 2.57. The Labute approximate surface area is 126 Å². The molecule has 0 aliphatic carbocycles. The summed E-state index contributed by atoms with van der Waals surface area (Å²) >= 11 is 3.16. The van der Waals surface area contributed by atoms with Gasteiger partial charge in [0.2, 0.25) is 10.0 Å². The fourth-order valence-electron chi connectivity index (χ4n) is 2.21. The van der Waals surface area contributed by atoms with Crippen LogP contribution in [0, 0.1) is 5.92 Å². The number of carbonyl (C=O) groups is 1. The number of hydrogen-bond donors (Lipinski definition) is 1. The van der Waals surface area contributed by atoms with Crippen LogP contribution in [0.15, 0.2) is 27.6 Å². The van der Waals surface area contributed by atoms with Gasteiger partial charge in [-0.15, -0.1) is 0 Å². The van der Waals surface area contributed by atoms with E-state index in [2.05, 4.69) is 22.9 Å². The van der Waals surface area contributed by atoms with E-state index in [1.165, 1.54) is 22.5 Å². The second-order valence-electron chi connectivity index (χ2n) is 5.04. The standard InChI is InChI=1S/C13H16BrNO4S/c1-9-4-6-15(7-5-9)20(18,19)12-3-2-10(13(16)17)8-11(12)14/h2-3,8-9H,4-7H2,1H3,(H,16,17). The second kappa shape index (κ2) is 5.83. The first-order valence-electron chi connectivity index (χ1n) is 6.35. The number of nitrogens with zero attached hydrogens (tertiary/aromatic N) is 1. The molecule has 1 heterocycles. The van der Waals surface area contributed by atoms with E-state index in [1.807, 2.05) is 0 Å². The molecule has 1 aliphatic rings. The summed E-state index contributed by atoms with van der Waals surface area (Å²) in [5, 5.41) is 8.90. The lowest BCUT2D eigenvalue weighted by Gasteiger charge is -2.29. The van der Waals surface area contributed by atoms with E-state index in [4.69, 9.17) is 5.11 Å². The van der Waals surface area contributed by atoms with Crippen LogP contribution in [0.3, 0.4) is 0 Å². The maximum atomic E-state index is 12.5. The number of benzene rings is 1. The van der Waals surface area contributed by atoms with E-state index in [1.54, 1.807) is 0 Å². The van der Waals surface area contributed by atoms with Gasteiger partial charge in [0.05, 0.1) is 10.5 Å². The number of sulfonamides is 1. The molecule has 0 spiro atoms. The van der Waals surface area contributed by atoms with Crippen LogP contribution in [0.2, 0.25) is 0 Å². The minimum absolute atomic E-state index is 0.0584. The highest BCUT2D eigenvalue weighted by Gasteiger charge is 2.29. The fraction of sp³-hybridized carbons (Fsp3) is 0.462. The number of carboxylic acids is 1. The number of carboxylic acid groups (broad SMARTS) is 1. The van der Waals surface area contributed by atoms with Gasteiger partial charge in [-0.05, 0) is 52.9 Å². The summed E-state index contributed by atoms with van der Waals surface area (Å²) in [6.45, 7) is 3.13. The lowest BCUT2D eigenvalue weighted by Crippen LogP contribution is -2.38. The van der Waals surface area contributed by atoms with Crippen LogP contribution < -0.4 is 0 Å². The molecule has 0 bridgehead atoms. The van der Waals surface area contributed by atoms with Gasteiger partial charge >= 0.3 is 5.97 Å². The van der Waals surface area contributed by atoms with E-state index in [-0.39, 0.29) is 14.9 Å². The molecule has 0 saturated carbocycles. The van der Waals surface area contributed by atoms with E-state index in [9.17, 15) is 13.2 Å². The van der Waals surface area contributed by atoms with Crippen LogP contribution in [-0.4, -0.2) is 36.9 Å². The van der Waals surface area contributed by atoms with Crippen molar-refractivity contribution in [3.8, 4) is 0 Å². The molecule has 1 N–H and O–H groups in total. The fourth-order valence-corrected chi connectivity index (χ4v) is 4.71. The lowest BCUT2D eigenvalue weighted by molar-refractivity contribution is 0.0696. The molecule has 0 aromatic heterocycles. The summed E-state index contributed by atoms with van der Waals surface area (Å²) in [5.41, 5.74) is 0.0584. The molecule has 0 amide bonds.